The van der Waals surface area contributed by atoms with Gasteiger partial charge in [-0.25, -0.2) is 8.78 Å². The molecule has 1 aliphatic heterocycles. The highest BCUT2D eigenvalue weighted by molar-refractivity contribution is 8.18. The summed E-state index contributed by atoms with van der Waals surface area (Å²) in [5, 5.41) is 2.81. The Bertz CT molecular complexity index is 1630. The molecule has 0 atom stereocenters. The van der Waals surface area contributed by atoms with Crippen LogP contribution < -0.4 is 5.32 Å². The Kier molecular flexibility index (Phi) is 7.25. The molecule has 0 radical (unpaired) electrons. The number of para-hydroxylation sites is 1. The van der Waals surface area contributed by atoms with Crippen molar-refractivity contribution in [2.24, 2.45) is 0 Å². The number of carbonyl (C=O) groups is 3. The topological polar surface area (TPSA) is 71.4 Å². The number of carbonyl (C=O) groups excluding carboxylic acids is 3. The van der Waals surface area contributed by atoms with Gasteiger partial charge in [0, 0.05) is 38.9 Å². The van der Waals surface area contributed by atoms with Crippen molar-refractivity contribution in [3.05, 3.63) is 105 Å². The molecule has 1 fully saturated rings. The van der Waals surface area contributed by atoms with Gasteiger partial charge < -0.3 is 9.88 Å². The highest BCUT2D eigenvalue weighted by Crippen LogP contribution is 2.34. The van der Waals surface area contributed by atoms with Gasteiger partial charge in [-0.3, -0.25) is 19.3 Å². The number of anilines is 1. The first-order valence-electron chi connectivity index (χ1n) is 11.2. The monoisotopic (exact) mass is 571 g/mol. The standard InChI is InChI=1S/C27H17Cl2F2N3O3S/c28-19-5-3-6-21(30)18(19)13-33-12-15(17-4-1-2-7-23(17)33)10-24-26(36)34(27(37)38-24)14-25(35)32-16-8-9-22(31)20(29)11-16/h1-12H,13-14H2,(H,32,35)/b24-10+. The molecular weight excluding hydrogens is 555 g/mol. The summed E-state index contributed by atoms with van der Waals surface area (Å²) in [6.07, 6.45) is 3.33. The fourth-order valence-electron chi connectivity index (χ4n) is 4.07. The first-order valence-corrected chi connectivity index (χ1v) is 12.8. The number of fused-ring (bicyclic) bond motifs is 1. The van der Waals surface area contributed by atoms with Gasteiger partial charge in [-0.05, 0) is 54.2 Å². The Morgan fingerprint density at radius 2 is 1.76 bits per heavy atom. The van der Waals surface area contributed by atoms with Gasteiger partial charge in [0.05, 0.1) is 16.5 Å². The van der Waals surface area contributed by atoms with E-state index in [9.17, 15) is 23.2 Å². The van der Waals surface area contributed by atoms with Crippen LogP contribution in [0.5, 0.6) is 0 Å². The molecule has 0 bridgehead atoms. The maximum absolute atomic E-state index is 14.4. The van der Waals surface area contributed by atoms with E-state index in [2.05, 4.69) is 5.32 Å². The van der Waals surface area contributed by atoms with Crippen molar-refractivity contribution in [3.8, 4) is 0 Å². The van der Waals surface area contributed by atoms with Crippen LogP contribution in [0.1, 0.15) is 11.1 Å². The average molecular weight is 572 g/mol. The summed E-state index contributed by atoms with van der Waals surface area (Å²) in [5.74, 6) is -2.34. The van der Waals surface area contributed by atoms with Crippen LogP contribution in [-0.4, -0.2) is 33.1 Å². The predicted molar refractivity (Wildman–Crippen MR) is 145 cm³/mol. The average Bonchev–Trinajstić information content (AvgIpc) is 3.35. The fraction of sp³-hybridized carbons (Fsp3) is 0.0741. The molecule has 4 aromatic rings. The van der Waals surface area contributed by atoms with Gasteiger partial charge in [-0.1, -0.05) is 47.5 Å². The molecular formula is C27H17Cl2F2N3O3S. The van der Waals surface area contributed by atoms with E-state index in [1.165, 1.54) is 24.3 Å². The van der Waals surface area contributed by atoms with E-state index < -0.39 is 35.2 Å². The number of aromatic nitrogens is 1. The second-order valence-corrected chi connectivity index (χ2v) is 10.2. The van der Waals surface area contributed by atoms with E-state index in [4.69, 9.17) is 23.2 Å². The molecule has 3 amide bonds. The van der Waals surface area contributed by atoms with Gasteiger partial charge in [0.25, 0.3) is 11.1 Å². The molecule has 0 aliphatic carbocycles. The molecule has 38 heavy (non-hydrogen) atoms. The molecule has 6 nitrogen and oxygen atoms in total. The summed E-state index contributed by atoms with van der Waals surface area (Å²) in [6, 6.07) is 15.5. The summed E-state index contributed by atoms with van der Waals surface area (Å²) in [7, 11) is 0. The molecule has 1 aromatic heterocycles. The van der Waals surface area contributed by atoms with Gasteiger partial charge in [-0.2, -0.15) is 0 Å². The zero-order chi connectivity index (χ0) is 27.0. The maximum Gasteiger partial charge on any atom is 0.294 e. The van der Waals surface area contributed by atoms with E-state index >= 15 is 0 Å². The zero-order valence-electron chi connectivity index (χ0n) is 19.4. The second-order valence-electron chi connectivity index (χ2n) is 8.37. The lowest BCUT2D eigenvalue weighted by molar-refractivity contribution is -0.127. The lowest BCUT2D eigenvalue weighted by Gasteiger charge is -2.12. The molecule has 1 N–H and O–H groups in total. The largest absolute Gasteiger partial charge is 0.342 e. The molecule has 192 valence electrons. The second kappa shape index (κ2) is 10.6. The summed E-state index contributed by atoms with van der Waals surface area (Å²) in [5.41, 5.74) is 1.99. The van der Waals surface area contributed by atoms with Crippen molar-refractivity contribution < 1.29 is 23.2 Å². The number of amides is 3. The third-order valence-corrected chi connectivity index (χ3v) is 7.43. The number of hydrogen-bond donors (Lipinski definition) is 1. The van der Waals surface area contributed by atoms with Gasteiger partial charge in [-0.15, -0.1) is 0 Å². The third kappa shape index (κ3) is 5.18. The van der Waals surface area contributed by atoms with Crippen LogP contribution in [0.3, 0.4) is 0 Å². The minimum absolute atomic E-state index is 0.138. The number of benzene rings is 3. The Labute approximate surface area is 229 Å². The summed E-state index contributed by atoms with van der Waals surface area (Å²) >= 11 is 12.7. The molecule has 3 aromatic carbocycles. The molecule has 0 unspecified atom stereocenters. The van der Waals surface area contributed by atoms with Gasteiger partial charge in [0.1, 0.15) is 18.2 Å². The highest BCUT2D eigenvalue weighted by Gasteiger charge is 2.36. The molecule has 0 spiro atoms. The molecule has 1 saturated heterocycles. The van der Waals surface area contributed by atoms with Crippen LogP contribution >= 0.6 is 35.0 Å². The smallest absolute Gasteiger partial charge is 0.294 e. The molecule has 0 saturated carbocycles. The predicted octanol–water partition coefficient (Wildman–Crippen LogP) is 6.95. The lowest BCUT2D eigenvalue weighted by Crippen LogP contribution is -2.36. The van der Waals surface area contributed by atoms with Crippen molar-refractivity contribution >= 4 is 74.7 Å². The summed E-state index contributed by atoms with van der Waals surface area (Å²) in [6.45, 7) is -0.362. The van der Waals surface area contributed by atoms with Gasteiger partial charge in [0.15, 0.2) is 0 Å². The van der Waals surface area contributed by atoms with Crippen LogP contribution in [0, 0.1) is 11.6 Å². The maximum atomic E-state index is 14.4. The van der Waals surface area contributed by atoms with Crippen molar-refractivity contribution in [2.75, 3.05) is 11.9 Å². The number of nitrogens with zero attached hydrogens (tertiary/aromatic N) is 2. The highest BCUT2D eigenvalue weighted by atomic mass is 35.5. The number of imide groups is 1. The number of hydrogen-bond acceptors (Lipinski definition) is 4. The number of rotatable bonds is 6. The molecule has 2 heterocycles. The zero-order valence-corrected chi connectivity index (χ0v) is 21.7. The molecule has 11 heteroatoms. The van der Waals surface area contributed by atoms with Crippen LogP contribution in [0.15, 0.2) is 71.8 Å². The van der Waals surface area contributed by atoms with E-state index in [1.54, 1.807) is 18.3 Å². The van der Waals surface area contributed by atoms with Crippen LogP contribution in [0.4, 0.5) is 19.3 Å². The molecule has 5 rings (SSSR count). The van der Waals surface area contributed by atoms with Crippen molar-refractivity contribution in [3.63, 3.8) is 0 Å². The third-order valence-electron chi connectivity index (χ3n) is 5.87. The number of thioether (sulfide) groups is 1. The van der Waals surface area contributed by atoms with Crippen LogP contribution in [0.2, 0.25) is 10.0 Å². The lowest BCUT2D eigenvalue weighted by atomic mass is 10.1. The van der Waals surface area contributed by atoms with E-state index in [1.807, 2.05) is 28.8 Å². The molecule has 1 aliphatic rings. The van der Waals surface area contributed by atoms with Gasteiger partial charge in [0.2, 0.25) is 5.91 Å². The van der Waals surface area contributed by atoms with Crippen LogP contribution in [-0.2, 0) is 16.1 Å². The van der Waals surface area contributed by atoms with Crippen LogP contribution in [0.25, 0.3) is 17.0 Å². The van der Waals surface area contributed by atoms with E-state index in [0.29, 0.717) is 27.9 Å². The van der Waals surface area contributed by atoms with Gasteiger partial charge >= 0.3 is 0 Å². The Morgan fingerprint density at radius 1 is 0.974 bits per heavy atom. The Hall–Kier alpha value is -3.66. The number of nitrogens with one attached hydrogen (secondary N) is 1. The van der Waals surface area contributed by atoms with E-state index in [0.717, 1.165) is 21.9 Å². The fourth-order valence-corrected chi connectivity index (χ4v) is 5.30. The Morgan fingerprint density at radius 3 is 2.53 bits per heavy atom. The first-order chi connectivity index (χ1) is 18.2. The quantitative estimate of drug-likeness (QED) is 0.254. The Balaban J connectivity index is 1.38. The van der Waals surface area contributed by atoms with Crippen molar-refractivity contribution in [2.45, 2.75) is 6.54 Å². The van der Waals surface area contributed by atoms with Crippen molar-refractivity contribution in [1.29, 1.82) is 0 Å². The SMILES string of the molecule is O=C(CN1C(=O)S/C(=C/c2cn(Cc3c(F)cccc3Cl)c3ccccc23)C1=O)Nc1ccc(F)c(Cl)c1. The van der Waals surface area contributed by atoms with Crippen molar-refractivity contribution in [1.82, 2.24) is 9.47 Å². The van der Waals surface area contributed by atoms with E-state index in [-0.39, 0.29) is 22.2 Å². The first kappa shape index (κ1) is 26.0. The summed E-state index contributed by atoms with van der Waals surface area (Å²) < 4.78 is 29.6. The minimum Gasteiger partial charge on any atom is -0.342 e. The number of halogens is 4. The normalized spacial score (nSPS) is 14.6. The summed E-state index contributed by atoms with van der Waals surface area (Å²) in [4.78, 5) is 39.0. The minimum atomic E-state index is -0.644.